The summed E-state index contributed by atoms with van der Waals surface area (Å²) in [7, 11) is 1.36. The first-order valence-corrected chi connectivity index (χ1v) is 14.6. The lowest BCUT2D eigenvalue weighted by atomic mass is 9.81. The molecule has 1 aromatic heterocycles. The highest BCUT2D eigenvalue weighted by atomic mass is 19.4. The van der Waals surface area contributed by atoms with Crippen LogP contribution in [-0.4, -0.2) is 54.4 Å². The minimum Gasteiger partial charge on any atom is -0.354 e. The van der Waals surface area contributed by atoms with Gasteiger partial charge in [-0.1, -0.05) is 6.07 Å². The van der Waals surface area contributed by atoms with Gasteiger partial charge in [-0.3, -0.25) is 9.59 Å². The zero-order valence-corrected chi connectivity index (χ0v) is 26.3. The highest BCUT2D eigenvalue weighted by molar-refractivity contribution is 6.03. The van der Waals surface area contributed by atoms with E-state index in [1.54, 1.807) is 17.9 Å². The van der Waals surface area contributed by atoms with E-state index >= 15 is 0 Å². The molecule has 0 unspecified atom stereocenters. The van der Waals surface area contributed by atoms with Gasteiger partial charge in [-0.25, -0.2) is 9.37 Å². The fourth-order valence-corrected chi connectivity index (χ4v) is 5.93. The van der Waals surface area contributed by atoms with Gasteiger partial charge in [-0.15, -0.1) is 0 Å². The molecule has 2 amide bonds. The molecule has 1 saturated heterocycles. The molecule has 0 aliphatic carbocycles. The SMILES string of the molecule is CCN(C(C)=O)[C@@H]1CCN(c2cc(-c3ccc(F)cc3C)c(N(C)C(=O)C(C)(C)c3cc(C(F)(F)F)cc(C(F)(F)F)c3)cn2)C1. The number of carbonyl (C=O) groups is 2. The Kier molecular flexibility index (Phi) is 9.48. The Morgan fingerprint density at radius 3 is 2.04 bits per heavy atom. The second kappa shape index (κ2) is 12.6. The standard InChI is InChI=1S/C33H35F7N4O2/c1-7-44(20(3)45)25-10-11-43(18-25)29-16-27(26-9-8-24(34)12-19(26)2)28(17-41-29)42(6)30(46)31(4,5)21-13-22(32(35,36)37)15-23(14-21)33(38,39)40/h8-9,12-17,25H,7,10-11,18H2,1-6H3/t25-/m1/s1. The number of amides is 2. The molecular formula is C33H35F7N4O2. The lowest BCUT2D eigenvalue weighted by Gasteiger charge is -2.32. The molecule has 2 aromatic carbocycles. The highest BCUT2D eigenvalue weighted by Gasteiger charge is 2.41. The zero-order chi connectivity index (χ0) is 34.4. The molecule has 0 radical (unpaired) electrons. The van der Waals surface area contributed by atoms with Gasteiger partial charge < -0.3 is 14.7 Å². The van der Waals surface area contributed by atoms with E-state index in [0.29, 0.717) is 60.7 Å². The maximum Gasteiger partial charge on any atom is 0.416 e. The van der Waals surface area contributed by atoms with Crippen molar-refractivity contribution in [1.82, 2.24) is 9.88 Å². The highest BCUT2D eigenvalue weighted by Crippen LogP contribution is 2.41. The minimum absolute atomic E-state index is 0.0187. The van der Waals surface area contributed by atoms with Crippen LogP contribution < -0.4 is 9.80 Å². The van der Waals surface area contributed by atoms with E-state index in [4.69, 9.17) is 0 Å². The second-order valence-electron chi connectivity index (χ2n) is 12.0. The Bertz CT molecular complexity index is 1600. The number of pyridine rings is 1. The van der Waals surface area contributed by atoms with E-state index < -0.39 is 46.2 Å². The van der Waals surface area contributed by atoms with Crippen molar-refractivity contribution in [3.8, 4) is 11.1 Å². The smallest absolute Gasteiger partial charge is 0.354 e. The molecule has 3 aromatic rings. The molecule has 1 fully saturated rings. The van der Waals surface area contributed by atoms with Crippen molar-refractivity contribution in [2.45, 2.75) is 64.8 Å². The average molecular weight is 653 g/mol. The number of halogens is 7. The van der Waals surface area contributed by atoms with Crippen molar-refractivity contribution in [2.24, 2.45) is 0 Å². The van der Waals surface area contributed by atoms with Crippen LogP contribution in [-0.2, 0) is 27.4 Å². The molecular weight excluding hydrogens is 617 g/mol. The second-order valence-corrected chi connectivity index (χ2v) is 12.0. The van der Waals surface area contributed by atoms with Crippen LogP contribution >= 0.6 is 0 Å². The van der Waals surface area contributed by atoms with Gasteiger partial charge in [0.2, 0.25) is 11.8 Å². The monoisotopic (exact) mass is 652 g/mol. The van der Waals surface area contributed by atoms with Crippen molar-refractivity contribution in [2.75, 3.05) is 36.5 Å². The molecule has 0 spiro atoms. The summed E-state index contributed by atoms with van der Waals surface area (Å²) in [6.45, 7) is 9.21. The lowest BCUT2D eigenvalue weighted by molar-refractivity contribution is -0.143. The molecule has 6 nitrogen and oxygen atoms in total. The number of aromatic nitrogens is 1. The summed E-state index contributed by atoms with van der Waals surface area (Å²) >= 11 is 0. The van der Waals surface area contributed by atoms with E-state index in [1.165, 1.54) is 52.2 Å². The Morgan fingerprint density at radius 2 is 1.52 bits per heavy atom. The van der Waals surface area contributed by atoms with Crippen LogP contribution in [0, 0.1) is 12.7 Å². The van der Waals surface area contributed by atoms with Crippen LogP contribution in [0.4, 0.5) is 42.2 Å². The molecule has 1 aliphatic heterocycles. The topological polar surface area (TPSA) is 56.8 Å². The third kappa shape index (κ3) is 6.97. The predicted molar refractivity (Wildman–Crippen MR) is 161 cm³/mol. The lowest BCUT2D eigenvalue weighted by Crippen LogP contribution is -2.42. The maximum atomic E-state index is 14.1. The van der Waals surface area contributed by atoms with Gasteiger partial charge in [0.1, 0.15) is 11.6 Å². The predicted octanol–water partition coefficient (Wildman–Crippen LogP) is 7.62. The summed E-state index contributed by atoms with van der Waals surface area (Å²) in [6, 6.07) is 6.88. The van der Waals surface area contributed by atoms with Gasteiger partial charge in [0.25, 0.3) is 0 Å². The fraction of sp³-hybridized carbons (Fsp3) is 0.424. The summed E-state index contributed by atoms with van der Waals surface area (Å²) in [6.07, 6.45) is -8.06. The number of aryl methyl sites for hydroxylation is 1. The van der Waals surface area contributed by atoms with E-state index in [-0.39, 0.29) is 23.7 Å². The molecule has 248 valence electrons. The van der Waals surface area contributed by atoms with E-state index in [1.807, 2.05) is 11.8 Å². The third-order valence-electron chi connectivity index (χ3n) is 8.53. The molecule has 1 atom stereocenters. The van der Waals surface area contributed by atoms with Gasteiger partial charge in [-0.05, 0) is 87.2 Å². The number of hydrogen-bond donors (Lipinski definition) is 0. The molecule has 46 heavy (non-hydrogen) atoms. The van der Waals surface area contributed by atoms with E-state index in [2.05, 4.69) is 4.98 Å². The molecule has 0 N–H and O–H groups in total. The summed E-state index contributed by atoms with van der Waals surface area (Å²) in [4.78, 5) is 35.6. The maximum absolute atomic E-state index is 14.1. The Morgan fingerprint density at radius 1 is 0.935 bits per heavy atom. The third-order valence-corrected chi connectivity index (χ3v) is 8.53. The molecule has 0 bridgehead atoms. The number of anilines is 2. The summed E-state index contributed by atoms with van der Waals surface area (Å²) in [5.74, 6) is -0.806. The zero-order valence-electron chi connectivity index (χ0n) is 26.3. The average Bonchev–Trinajstić information content (AvgIpc) is 3.45. The quantitative estimate of drug-likeness (QED) is 0.247. The largest absolute Gasteiger partial charge is 0.416 e. The number of benzene rings is 2. The van der Waals surface area contributed by atoms with Gasteiger partial charge >= 0.3 is 12.4 Å². The molecule has 0 saturated carbocycles. The summed E-state index contributed by atoms with van der Waals surface area (Å²) < 4.78 is 95.9. The number of carbonyl (C=O) groups excluding carboxylic acids is 2. The van der Waals surface area contributed by atoms with Crippen LogP contribution in [0.5, 0.6) is 0 Å². The van der Waals surface area contributed by atoms with Crippen LogP contribution in [0.2, 0.25) is 0 Å². The summed E-state index contributed by atoms with van der Waals surface area (Å²) in [5, 5.41) is 0. The Hall–Kier alpha value is -4.16. The molecule has 4 rings (SSSR count). The molecule has 13 heteroatoms. The van der Waals surface area contributed by atoms with Crippen molar-refractivity contribution in [3.05, 3.63) is 76.7 Å². The number of nitrogens with zero attached hydrogens (tertiary/aromatic N) is 4. The van der Waals surface area contributed by atoms with Crippen LogP contribution in [0.15, 0.2) is 48.7 Å². The number of hydrogen-bond acceptors (Lipinski definition) is 4. The first-order valence-electron chi connectivity index (χ1n) is 14.6. The first-order chi connectivity index (χ1) is 21.2. The van der Waals surface area contributed by atoms with Crippen LogP contribution in [0.1, 0.15) is 56.4 Å². The fourth-order valence-electron chi connectivity index (χ4n) is 5.93. The van der Waals surface area contributed by atoms with E-state index in [9.17, 15) is 40.3 Å². The normalized spacial score (nSPS) is 15.7. The summed E-state index contributed by atoms with van der Waals surface area (Å²) in [5.41, 5.74) is -3.61. The number of alkyl halides is 6. The minimum atomic E-state index is -5.08. The van der Waals surface area contributed by atoms with Crippen molar-refractivity contribution in [1.29, 1.82) is 0 Å². The van der Waals surface area contributed by atoms with Crippen LogP contribution in [0.3, 0.4) is 0 Å². The molecule has 2 heterocycles. The number of likely N-dealkylation sites (N-methyl/N-ethyl adjacent to an activating group) is 2. The Labute approximate surface area is 262 Å². The van der Waals surface area contributed by atoms with Crippen LogP contribution in [0.25, 0.3) is 11.1 Å². The van der Waals surface area contributed by atoms with Gasteiger partial charge in [0, 0.05) is 39.2 Å². The van der Waals surface area contributed by atoms with Gasteiger partial charge in [0.15, 0.2) is 0 Å². The first kappa shape index (κ1) is 34.7. The number of rotatable bonds is 7. The van der Waals surface area contributed by atoms with Crippen molar-refractivity contribution >= 4 is 23.3 Å². The van der Waals surface area contributed by atoms with E-state index in [0.717, 1.165) is 4.90 Å². The van der Waals surface area contributed by atoms with Gasteiger partial charge in [0.05, 0.1) is 34.5 Å². The van der Waals surface area contributed by atoms with Crippen molar-refractivity contribution in [3.63, 3.8) is 0 Å². The molecule has 1 aliphatic rings. The van der Waals surface area contributed by atoms with Gasteiger partial charge in [-0.2, -0.15) is 26.3 Å². The Balaban J connectivity index is 1.79. The van der Waals surface area contributed by atoms with Crippen molar-refractivity contribution < 1.29 is 40.3 Å².